The van der Waals surface area contributed by atoms with Gasteiger partial charge in [0.15, 0.2) is 0 Å². The second-order valence-corrected chi connectivity index (χ2v) is 5.70. The number of ether oxygens (including phenoxy) is 1. The Morgan fingerprint density at radius 2 is 1.85 bits per heavy atom. The molecule has 0 aromatic heterocycles. The lowest BCUT2D eigenvalue weighted by Crippen LogP contribution is -2.13. The smallest absolute Gasteiger partial charge is 0.122 e. The Balaban J connectivity index is 1.63. The van der Waals surface area contributed by atoms with Gasteiger partial charge in [-0.15, -0.1) is 0 Å². The molecule has 1 heterocycles. The highest BCUT2D eigenvalue weighted by Gasteiger charge is 2.23. The highest BCUT2D eigenvalue weighted by atomic mass is 16.5. The van der Waals surface area contributed by atoms with Crippen molar-refractivity contribution in [2.75, 3.05) is 18.5 Å². The van der Waals surface area contributed by atoms with Crippen LogP contribution in [0.2, 0.25) is 0 Å². The molecule has 0 saturated heterocycles. The number of hydrogen-bond donors (Lipinski definition) is 1. The van der Waals surface area contributed by atoms with Crippen molar-refractivity contribution < 1.29 is 4.74 Å². The minimum atomic E-state index is 0.441. The molecule has 20 heavy (non-hydrogen) atoms. The van der Waals surface area contributed by atoms with E-state index in [0.29, 0.717) is 11.8 Å². The van der Waals surface area contributed by atoms with Crippen molar-refractivity contribution in [1.29, 1.82) is 0 Å². The van der Waals surface area contributed by atoms with Gasteiger partial charge in [0.1, 0.15) is 5.75 Å². The molecule has 0 fully saturated rings. The fraction of sp³-hybridized carbons (Fsp3) is 0.333. The van der Waals surface area contributed by atoms with Crippen LogP contribution in [0, 0.1) is 0 Å². The number of nitrogens with one attached hydrogen (secondary N) is 1. The van der Waals surface area contributed by atoms with Gasteiger partial charge in [-0.05, 0) is 29.7 Å². The molecule has 1 unspecified atom stereocenters. The Labute approximate surface area is 120 Å². The predicted octanol–water partition coefficient (Wildman–Crippen LogP) is 4.40. The number of para-hydroxylation sites is 1. The van der Waals surface area contributed by atoms with Crippen LogP contribution < -0.4 is 10.1 Å². The van der Waals surface area contributed by atoms with Gasteiger partial charge in [0.2, 0.25) is 0 Å². The maximum Gasteiger partial charge on any atom is 0.122 e. The number of fused-ring (bicyclic) bond motifs is 1. The van der Waals surface area contributed by atoms with Crippen molar-refractivity contribution in [3.63, 3.8) is 0 Å². The van der Waals surface area contributed by atoms with Gasteiger partial charge < -0.3 is 10.1 Å². The topological polar surface area (TPSA) is 21.3 Å². The Bertz CT molecular complexity index is 574. The van der Waals surface area contributed by atoms with E-state index in [1.54, 1.807) is 0 Å². The standard InChI is InChI=1S/C18H21NO/c1-13(2)14-7-9-16(10-8-14)19-11-15-12-20-18-6-4-3-5-17(15)18/h3-10,13,15,19H,11-12H2,1-2H3. The third-order valence-electron chi connectivity index (χ3n) is 3.93. The highest BCUT2D eigenvalue weighted by molar-refractivity contribution is 5.47. The third kappa shape index (κ3) is 2.64. The molecular weight excluding hydrogens is 246 g/mol. The van der Waals surface area contributed by atoms with Crippen molar-refractivity contribution in [2.45, 2.75) is 25.7 Å². The number of benzene rings is 2. The molecule has 0 bridgehead atoms. The van der Waals surface area contributed by atoms with E-state index < -0.39 is 0 Å². The minimum absolute atomic E-state index is 0.441. The second kappa shape index (κ2) is 5.58. The zero-order valence-electron chi connectivity index (χ0n) is 12.1. The maximum atomic E-state index is 5.71. The van der Waals surface area contributed by atoms with E-state index in [0.717, 1.165) is 18.9 Å². The average Bonchev–Trinajstić information content (AvgIpc) is 2.89. The van der Waals surface area contributed by atoms with E-state index in [2.05, 4.69) is 55.6 Å². The summed E-state index contributed by atoms with van der Waals surface area (Å²) < 4.78 is 5.71. The maximum absolute atomic E-state index is 5.71. The van der Waals surface area contributed by atoms with Crippen molar-refractivity contribution in [3.05, 3.63) is 59.7 Å². The van der Waals surface area contributed by atoms with Crippen LogP contribution in [0.25, 0.3) is 0 Å². The summed E-state index contributed by atoms with van der Waals surface area (Å²) in [7, 11) is 0. The highest BCUT2D eigenvalue weighted by Crippen LogP contribution is 2.33. The molecule has 2 aromatic carbocycles. The van der Waals surface area contributed by atoms with Crippen molar-refractivity contribution >= 4 is 5.69 Å². The van der Waals surface area contributed by atoms with Gasteiger partial charge in [-0.2, -0.15) is 0 Å². The summed E-state index contributed by atoms with van der Waals surface area (Å²) in [5, 5.41) is 3.51. The summed E-state index contributed by atoms with van der Waals surface area (Å²) in [6.45, 7) is 6.12. The molecule has 0 spiro atoms. The Morgan fingerprint density at radius 1 is 1.10 bits per heavy atom. The van der Waals surface area contributed by atoms with Crippen molar-refractivity contribution in [1.82, 2.24) is 0 Å². The first-order valence-corrected chi connectivity index (χ1v) is 7.29. The van der Waals surface area contributed by atoms with Crippen LogP contribution in [0.15, 0.2) is 48.5 Å². The Kier molecular flexibility index (Phi) is 3.64. The summed E-state index contributed by atoms with van der Waals surface area (Å²) >= 11 is 0. The molecule has 1 atom stereocenters. The lowest BCUT2D eigenvalue weighted by molar-refractivity contribution is 0.334. The molecule has 104 valence electrons. The molecule has 1 N–H and O–H groups in total. The molecule has 1 aliphatic heterocycles. The van der Waals surface area contributed by atoms with Crippen LogP contribution in [0.3, 0.4) is 0 Å². The van der Waals surface area contributed by atoms with Gasteiger partial charge in [0.25, 0.3) is 0 Å². The second-order valence-electron chi connectivity index (χ2n) is 5.70. The zero-order valence-corrected chi connectivity index (χ0v) is 12.1. The Morgan fingerprint density at radius 3 is 2.60 bits per heavy atom. The van der Waals surface area contributed by atoms with Crippen LogP contribution in [0.5, 0.6) is 5.75 Å². The van der Waals surface area contributed by atoms with Gasteiger partial charge in [0, 0.05) is 23.7 Å². The normalized spacial score (nSPS) is 16.9. The average molecular weight is 267 g/mol. The molecule has 2 heteroatoms. The lowest BCUT2D eigenvalue weighted by atomic mass is 10.0. The molecule has 2 aromatic rings. The van der Waals surface area contributed by atoms with E-state index >= 15 is 0 Å². The van der Waals surface area contributed by atoms with Gasteiger partial charge in [0.05, 0.1) is 6.61 Å². The van der Waals surface area contributed by atoms with Gasteiger partial charge >= 0.3 is 0 Å². The first kappa shape index (κ1) is 13.0. The van der Waals surface area contributed by atoms with E-state index in [-0.39, 0.29) is 0 Å². The van der Waals surface area contributed by atoms with E-state index in [1.165, 1.54) is 16.8 Å². The molecule has 0 radical (unpaired) electrons. The van der Waals surface area contributed by atoms with E-state index in [4.69, 9.17) is 4.74 Å². The minimum Gasteiger partial charge on any atom is -0.493 e. The number of hydrogen-bond acceptors (Lipinski definition) is 2. The molecular formula is C18H21NO. The molecule has 1 aliphatic rings. The molecule has 0 aliphatic carbocycles. The van der Waals surface area contributed by atoms with Crippen LogP contribution in [-0.4, -0.2) is 13.2 Å². The van der Waals surface area contributed by atoms with E-state index in [9.17, 15) is 0 Å². The first-order valence-electron chi connectivity index (χ1n) is 7.29. The molecule has 0 saturated carbocycles. The summed E-state index contributed by atoms with van der Waals surface area (Å²) in [4.78, 5) is 0. The van der Waals surface area contributed by atoms with Gasteiger partial charge in [-0.1, -0.05) is 44.2 Å². The SMILES string of the molecule is CC(C)c1ccc(NCC2COc3ccccc32)cc1. The monoisotopic (exact) mass is 267 g/mol. The van der Waals surface area contributed by atoms with Crippen LogP contribution >= 0.6 is 0 Å². The fourth-order valence-corrected chi connectivity index (χ4v) is 2.63. The molecule has 3 rings (SSSR count). The zero-order chi connectivity index (χ0) is 13.9. The molecule has 0 amide bonds. The van der Waals surface area contributed by atoms with Crippen LogP contribution in [0.1, 0.15) is 36.8 Å². The fourth-order valence-electron chi connectivity index (χ4n) is 2.63. The Hall–Kier alpha value is -1.96. The van der Waals surface area contributed by atoms with Crippen LogP contribution in [-0.2, 0) is 0 Å². The summed E-state index contributed by atoms with van der Waals surface area (Å²) in [6, 6.07) is 17.0. The summed E-state index contributed by atoms with van der Waals surface area (Å²) in [5.41, 5.74) is 3.88. The first-order chi connectivity index (χ1) is 9.74. The summed E-state index contributed by atoms with van der Waals surface area (Å²) in [6.07, 6.45) is 0. The number of anilines is 1. The lowest BCUT2D eigenvalue weighted by Gasteiger charge is -2.13. The summed E-state index contributed by atoms with van der Waals surface area (Å²) in [5.74, 6) is 2.06. The third-order valence-corrected chi connectivity index (χ3v) is 3.93. The molecule has 2 nitrogen and oxygen atoms in total. The predicted molar refractivity (Wildman–Crippen MR) is 83.7 cm³/mol. The van der Waals surface area contributed by atoms with Crippen molar-refractivity contribution in [3.8, 4) is 5.75 Å². The van der Waals surface area contributed by atoms with Crippen LogP contribution in [0.4, 0.5) is 5.69 Å². The number of rotatable bonds is 4. The van der Waals surface area contributed by atoms with Crippen molar-refractivity contribution in [2.24, 2.45) is 0 Å². The largest absolute Gasteiger partial charge is 0.493 e. The quantitative estimate of drug-likeness (QED) is 0.886. The van der Waals surface area contributed by atoms with Gasteiger partial charge in [-0.3, -0.25) is 0 Å². The van der Waals surface area contributed by atoms with E-state index in [1.807, 2.05) is 12.1 Å². The van der Waals surface area contributed by atoms with Gasteiger partial charge in [-0.25, -0.2) is 0 Å².